The molecule has 1 aromatic heterocycles. The van der Waals surface area contributed by atoms with Crippen LogP contribution in [0.3, 0.4) is 0 Å². The summed E-state index contributed by atoms with van der Waals surface area (Å²) in [5.41, 5.74) is 3.41. The number of nitrogens with zero attached hydrogens (tertiary/aromatic N) is 1. The standard InChI is InChI=1S/C16H19ClN2O/c1-12-3-4-13(2)19(12)10-9-18-16(20)11-14-5-7-15(17)8-6-14/h3-8H,9-11H2,1-2H3,(H,18,20). The Labute approximate surface area is 124 Å². The van der Waals surface area contributed by atoms with Crippen LogP contribution in [0.5, 0.6) is 0 Å². The molecule has 0 bridgehead atoms. The minimum absolute atomic E-state index is 0.0368. The lowest BCUT2D eigenvalue weighted by molar-refractivity contribution is -0.120. The van der Waals surface area contributed by atoms with E-state index < -0.39 is 0 Å². The molecule has 0 fully saturated rings. The van der Waals surface area contributed by atoms with Crippen molar-refractivity contribution >= 4 is 17.5 Å². The molecule has 0 unspecified atom stereocenters. The van der Waals surface area contributed by atoms with E-state index in [2.05, 4.69) is 35.9 Å². The quantitative estimate of drug-likeness (QED) is 0.902. The molecule has 2 aromatic rings. The molecular weight excluding hydrogens is 272 g/mol. The molecular formula is C16H19ClN2O. The van der Waals surface area contributed by atoms with Gasteiger partial charge in [-0.25, -0.2) is 0 Å². The topological polar surface area (TPSA) is 34.0 Å². The Morgan fingerprint density at radius 2 is 1.70 bits per heavy atom. The van der Waals surface area contributed by atoms with Gasteiger partial charge in [-0.1, -0.05) is 23.7 Å². The van der Waals surface area contributed by atoms with E-state index in [1.807, 2.05) is 12.1 Å². The highest BCUT2D eigenvalue weighted by atomic mass is 35.5. The van der Waals surface area contributed by atoms with Gasteiger partial charge in [-0.05, 0) is 43.7 Å². The number of aromatic nitrogens is 1. The number of hydrogen-bond donors (Lipinski definition) is 1. The fourth-order valence-electron chi connectivity index (χ4n) is 2.21. The second kappa shape index (κ2) is 6.62. The first-order valence-electron chi connectivity index (χ1n) is 6.70. The van der Waals surface area contributed by atoms with Gasteiger partial charge in [0.2, 0.25) is 5.91 Å². The summed E-state index contributed by atoms with van der Waals surface area (Å²) in [7, 11) is 0. The van der Waals surface area contributed by atoms with Gasteiger partial charge in [-0.15, -0.1) is 0 Å². The van der Waals surface area contributed by atoms with Gasteiger partial charge in [0.05, 0.1) is 6.42 Å². The van der Waals surface area contributed by atoms with Crippen LogP contribution < -0.4 is 5.32 Å². The van der Waals surface area contributed by atoms with E-state index in [1.54, 1.807) is 12.1 Å². The van der Waals surface area contributed by atoms with Crippen molar-refractivity contribution in [1.29, 1.82) is 0 Å². The van der Waals surface area contributed by atoms with Gasteiger partial charge >= 0.3 is 0 Å². The molecule has 1 heterocycles. The molecule has 1 N–H and O–H groups in total. The molecule has 0 saturated carbocycles. The van der Waals surface area contributed by atoms with E-state index in [9.17, 15) is 4.79 Å². The van der Waals surface area contributed by atoms with Crippen LogP contribution in [-0.2, 0) is 17.8 Å². The second-order valence-electron chi connectivity index (χ2n) is 4.92. The number of amides is 1. The third-order valence-corrected chi connectivity index (χ3v) is 3.60. The summed E-state index contributed by atoms with van der Waals surface area (Å²) in [6.45, 7) is 5.59. The van der Waals surface area contributed by atoms with E-state index in [0.29, 0.717) is 18.0 Å². The summed E-state index contributed by atoms with van der Waals surface area (Å²) in [6.07, 6.45) is 0.390. The Balaban J connectivity index is 1.79. The Morgan fingerprint density at radius 3 is 2.30 bits per heavy atom. The molecule has 2 rings (SSSR count). The summed E-state index contributed by atoms with van der Waals surface area (Å²) < 4.78 is 2.20. The first-order chi connectivity index (χ1) is 9.56. The maximum absolute atomic E-state index is 11.8. The zero-order chi connectivity index (χ0) is 14.5. The highest BCUT2D eigenvalue weighted by Crippen LogP contribution is 2.10. The Bertz CT molecular complexity index is 568. The molecule has 20 heavy (non-hydrogen) atoms. The lowest BCUT2D eigenvalue weighted by Gasteiger charge is -2.10. The molecule has 0 saturated heterocycles. The molecule has 0 aliphatic rings. The minimum Gasteiger partial charge on any atom is -0.354 e. The average Bonchev–Trinajstić information content (AvgIpc) is 2.73. The summed E-state index contributed by atoms with van der Waals surface area (Å²) in [6, 6.07) is 11.5. The van der Waals surface area contributed by atoms with Gasteiger partial charge in [-0.2, -0.15) is 0 Å². The highest BCUT2D eigenvalue weighted by molar-refractivity contribution is 6.30. The zero-order valence-electron chi connectivity index (χ0n) is 11.8. The molecule has 1 amide bonds. The predicted octanol–water partition coefficient (Wildman–Crippen LogP) is 3.12. The van der Waals surface area contributed by atoms with Gasteiger partial charge in [0.15, 0.2) is 0 Å². The first kappa shape index (κ1) is 14.7. The fraction of sp³-hybridized carbons (Fsp3) is 0.312. The van der Waals surface area contributed by atoms with E-state index in [1.165, 1.54) is 11.4 Å². The van der Waals surface area contributed by atoms with Crippen molar-refractivity contribution in [2.24, 2.45) is 0 Å². The van der Waals surface area contributed by atoms with Crippen molar-refractivity contribution in [1.82, 2.24) is 9.88 Å². The van der Waals surface area contributed by atoms with Crippen molar-refractivity contribution in [3.63, 3.8) is 0 Å². The third kappa shape index (κ3) is 3.87. The number of nitrogens with one attached hydrogen (secondary N) is 1. The van der Waals surface area contributed by atoms with Gasteiger partial charge < -0.3 is 9.88 Å². The SMILES string of the molecule is Cc1ccc(C)n1CCNC(=O)Cc1ccc(Cl)cc1. The number of carbonyl (C=O) groups is 1. The van der Waals surface area contributed by atoms with Crippen LogP contribution in [-0.4, -0.2) is 17.0 Å². The van der Waals surface area contributed by atoms with Crippen molar-refractivity contribution < 1.29 is 4.79 Å². The number of carbonyl (C=O) groups excluding carboxylic acids is 1. The first-order valence-corrected chi connectivity index (χ1v) is 7.08. The lowest BCUT2D eigenvalue weighted by Crippen LogP contribution is -2.29. The maximum atomic E-state index is 11.8. The molecule has 3 nitrogen and oxygen atoms in total. The van der Waals surface area contributed by atoms with Crippen LogP contribution in [0.2, 0.25) is 5.02 Å². The van der Waals surface area contributed by atoms with Gasteiger partial charge in [0.25, 0.3) is 0 Å². The largest absolute Gasteiger partial charge is 0.354 e. The number of benzene rings is 1. The molecule has 0 atom stereocenters. The Morgan fingerprint density at radius 1 is 1.10 bits per heavy atom. The molecule has 0 radical (unpaired) electrons. The zero-order valence-corrected chi connectivity index (χ0v) is 12.6. The van der Waals surface area contributed by atoms with Crippen molar-refractivity contribution in [2.45, 2.75) is 26.8 Å². The van der Waals surface area contributed by atoms with Crippen LogP contribution in [0.15, 0.2) is 36.4 Å². The molecule has 4 heteroatoms. The molecule has 106 valence electrons. The molecule has 0 spiro atoms. The van der Waals surface area contributed by atoms with Crippen molar-refractivity contribution in [3.8, 4) is 0 Å². The van der Waals surface area contributed by atoms with Crippen LogP contribution in [0.4, 0.5) is 0 Å². The smallest absolute Gasteiger partial charge is 0.224 e. The van der Waals surface area contributed by atoms with E-state index >= 15 is 0 Å². The predicted molar refractivity (Wildman–Crippen MR) is 82.1 cm³/mol. The number of halogens is 1. The van der Waals surface area contributed by atoms with Gasteiger partial charge in [0.1, 0.15) is 0 Å². The normalized spacial score (nSPS) is 10.6. The van der Waals surface area contributed by atoms with Crippen LogP contribution in [0.1, 0.15) is 17.0 Å². The van der Waals surface area contributed by atoms with Crippen molar-refractivity contribution in [3.05, 3.63) is 58.4 Å². The van der Waals surface area contributed by atoms with E-state index in [-0.39, 0.29) is 5.91 Å². The van der Waals surface area contributed by atoms with E-state index in [0.717, 1.165) is 12.1 Å². The van der Waals surface area contributed by atoms with Gasteiger partial charge in [-0.3, -0.25) is 4.79 Å². The molecule has 1 aromatic carbocycles. The summed E-state index contributed by atoms with van der Waals surface area (Å²) in [5.74, 6) is 0.0368. The second-order valence-corrected chi connectivity index (χ2v) is 5.36. The van der Waals surface area contributed by atoms with Crippen LogP contribution in [0, 0.1) is 13.8 Å². The third-order valence-electron chi connectivity index (χ3n) is 3.35. The number of rotatable bonds is 5. The lowest BCUT2D eigenvalue weighted by atomic mass is 10.1. The molecule has 0 aliphatic heterocycles. The minimum atomic E-state index is 0.0368. The Kier molecular flexibility index (Phi) is 4.85. The Hall–Kier alpha value is -1.74. The monoisotopic (exact) mass is 290 g/mol. The maximum Gasteiger partial charge on any atom is 0.224 e. The van der Waals surface area contributed by atoms with Crippen molar-refractivity contribution in [2.75, 3.05) is 6.54 Å². The van der Waals surface area contributed by atoms with Crippen LogP contribution in [0.25, 0.3) is 0 Å². The number of aryl methyl sites for hydroxylation is 2. The summed E-state index contributed by atoms with van der Waals surface area (Å²) in [4.78, 5) is 11.8. The number of hydrogen-bond acceptors (Lipinski definition) is 1. The fourth-order valence-corrected chi connectivity index (χ4v) is 2.34. The average molecular weight is 291 g/mol. The van der Waals surface area contributed by atoms with E-state index in [4.69, 9.17) is 11.6 Å². The van der Waals surface area contributed by atoms with Crippen LogP contribution >= 0.6 is 11.6 Å². The van der Waals surface area contributed by atoms with Gasteiger partial charge in [0, 0.05) is 29.5 Å². The summed E-state index contributed by atoms with van der Waals surface area (Å²) >= 11 is 5.82. The molecule has 0 aliphatic carbocycles. The highest BCUT2D eigenvalue weighted by Gasteiger charge is 2.04. The summed E-state index contributed by atoms with van der Waals surface area (Å²) in [5, 5.41) is 3.63.